The van der Waals surface area contributed by atoms with E-state index in [-0.39, 0.29) is 88.0 Å². The number of aliphatic hydroxyl groups is 1. The number of methoxy groups -OCH3 is 4. The van der Waals surface area contributed by atoms with E-state index in [1.54, 1.807) is 36.9 Å². The van der Waals surface area contributed by atoms with Crippen LogP contribution in [0.15, 0.2) is 12.1 Å². The van der Waals surface area contributed by atoms with Crippen LogP contribution in [-0.4, -0.2) is 166 Å². The van der Waals surface area contributed by atoms with Gasteiger partial charge in [-0.1, -0.05) is 66.2 Å². The highest BCUT2D eigenvalue weighted by atomic mass is 16.6. The number of likely N-dealkylation sites (N-methyl/N-ethyl adjacent to an activating group) is 1. The Kier molecular flexibility index (Phi) is 37.4. The molecule has 18 heteroatoms. The number of rotatable bonds is 12. The molecule has 1 aromatic rings. The van der Waals surface area contributed by atoms with Gasteiger partial charge in [-0.15, -0.1) is 0 Å². The van der Waals surface area contributed by atoms with E-state index in [2.05, 4.69) is 20.4 Å². The molecule has 1 atom stereocenters. The van der Waals surface area contributed by atoms with Crippen molar-refractivity contribution in [3.05, 3.63) is 23.5 Å². The fourth-order valence-corrected chi connectivity index (χ4v) is 6.02. The van der Waals surface area contributed by atoms with Gasteiger partial charge >= 0.3 is 6.09 Å². The average molecular weight is 902 g/mol. The zero-order valence-corrected chi connectivity index (χ0v) is 40.1. The number of amides is 5. The van der Waals surface area contributed by atoms with E-state index in [1.807, 2.05) is 48.5 Å². The molecule has 1 aliphatic carbocycles. The summed E-state index contributed by atoms with van der Waals surface area (Å²) in [6.45, 7) is 18.3. The predicted molar refractivity (Wildman–Crippen MR) is 243 cm³/mol. The number of hydrogen-bond donors (Lipinski definition) is 3. The summed E-state index contributed by atoms with van der Waals surface area (Å²) in [5.41, 5.74) is 0.676. The number of β-amino-alcohol motifs (C(OH)–C–C–N with tert-alkyl or cyclic N) is 1. The molecular weight excluding hydrogens is 817 g/mol. The third-order valence-electron chi connectivity index (χ3n) is 8.97. The number of carbonyl (C=O) groups is 5. The van der Waals surface area contributed by atoms with Crippen LogP contribution in [0.2, 0.25) is 0 Å². The van der Waals surface area contributed by atoms with Crippen molar-refractivity contribution in [2.45, 2.75) is 145 Å². The summed E-state index contributed by atoms with van der Waals surface area (Å²) in [5.74, 6) is -0.459. The molecule has 3 aliphatic rings. The Morgan fingerprint density at radius 1 is 0.762 bits per heavy atom. The number of nitrogens with zero attached hydrogens (tertiary/aromatic N) is 4. The van der Waals surface area contributed by atoms with E-state index in [9.17, 15) is 29.1 Å². The molecule has 1 saturated carbocycles. The Labute approximate surface area is 379 Å². The third-order valence-corrected chi connectivity index (χ3v) is 8.97. The van der Waals surface area contributed by atoms with E-state index >= 15 is 0 Å². The van der Waals surface area contributed by atoms with Crippen molar-refractivity contribution in [3.63, 3.8) is 0 Å². The Hall–Kier alpha value is -4.10. The van der Waals surface area contributed by atoms with Crippen LogP contribution in [0, 0.1) is 6.92 Å². The first-order valence-corrected chi connectivity index (χ1v) is 21.8. The lowest BCUT2D eigenvalue weighted by molar-refractivity contribution is -0.270. The predicted octanol–water partition coefficient (Wildman–Crippen LogP) is 4.21. The minimum atomic E-state index is -0.472. The number of aromatic nitrogens is 1. The van der Waals surface area contributed by atoms with E-state index in [0.29, 0.717) is 44.3 Å². The van der Waals surface area contributed by atoms with Crippen molar-refractivity contribution < 1.29 is 57.9 Å². The van der Waals surface area contributed by atoms with Gasteiger partial charge in [-0.05, 0) is 65.9 Å². The molecule has 368 valence electrons. The van der Waals surface area contributed by atoms with Gasteiger partial charge in [0.15, 0.2) is 0 Å². The highest BCUT2D eigenvalue weighted by Crippen LogP contribution is 2.18. The summed E-state index contributed by atoms with van der Waals surface area (Å²) in [5, 5.41) is 26.4. The Morgan fingerprint density at radius 2 is 1.24 bits per heavy atom. The first-order valence-electron chi connectivity index (χ1n) is 21.8. The van der Waals surface area contributed by atoms with E-state index in [0.717, 1.165) is 31.4 Å². The smallest absolute Gasteiger partial charge is 0.410 e. The van der Waals surface area contributed by atoms with Gasteiger partial charge in [0.25, 0.3) is 0 Å². The topological polar surface area (TPSA) is 221 Å². The number of aryl methyl sites for hydroxylation is 1. The van der Waals surface area contributed by atoms with Crippen molar-refractivity contribution in [2.75, 3.05) is 88.1 Å². The quantitative estimate of drug-likeness (QED) is 0.268. The van der Waals surface area contributed by atoms with Crippen LogP contribution in [0.5, 0.6) is 5.75 Å². The van der Waals surface area contributed by atoms with Crippen LogP contribution in [0.25, 0.3) is 0 Å². The summed E-state index contributed by atoms with van der Waals surface area (Å²) < 4.78 is 24.2. The maximum atomic E-state index is 11.8. The lowest BCUT2D eigenvalue weighted by atomic mass is 9.95. The van der Waals surface area contributed by atoms with Crippen LogP contribution in [0.1, 0.15) is 119 Å². The molecule has 5 amide bonds. The van der Waals surface area contributed by atoms with E-state index in [1.165, 1.54) is 51.6 Å². The molecule has 3 heterocycles. The van der Waals surface area contributed by atoms with Gasteiger partial charge in [0.1, 0.15) is 32.0 Å². The lowest BCUT2D eigenvalue weighted by Crippen LogP contribution is -2.48. The molecule has 0 unspecified atom stereocenters. The fraction of sp³-hybridized carbons (Fsp3) is 0.778. The number of carbonyl (C=O) groups excluding carboxylic acids is 5. The van der Waals surface area contributed by atoms with E-state index < -0.39 is 5.60 Å². The molecule has 2 aliphatic heterocycles. The van der Waals surface area contributed by atoms with Gasteiger partial charge in [-0.3, -0.25) is 24.2 Å². The molecule has 3 N–H and O–H groups in total. The summed E-state index contributed by atoms with van der Waals surface area (Å²) >= 11 is 0. The molecule has 3 fully saturated rings. The van der Waals surface area contributed by atoms with Crippen LogP contribution in [0.4, 0.5) is 4.79 Å². The van der Waals surface area contributed by atoms with Gasteiger partial charge < -0.3 is 59.2 Å². The maximum absolute atomic E-state index is 11.8. The summed E-state index contributed by atoms with van der Waals surface area (Å²) in [4.78, 5) is 65.6. The Bertz CT molecular complexity index is 1380. The van der Waals surface area contributed by atoms with Gasteiger partial charge in [0.05, 0.1) is 18.3 Å². The number of hydrogen-bond acceptors (Lipinski definition) is 13. The van der Waals surface area contributed by atoms with Crippen LogP contribution < -0.4 is 15.7 Å². The molecule has 2 saturated heterocycles. The molecule has 4 rings (SSSR count). The van der Waals surface area contributed by atoms with Crippen LogP contribution in [-0.2, 0) is 49.4 Å². The Morgan fingerprint density at radius 3 is 1.68 bits per heavy atom. The number of nitrogens with one attached hydrogen (secondary N) is 2. The summed E-state index contributed by atoms with van der Waals surface area (Å²) in [6, 6.07) is 3.64. The molecule has 1 aromatic heterocycles. The van der Waals surface area contributed by atoms with Crippen LogP contribution >= 0.6 is 0 Å². The zero-order chi connectivity index (χ0) is 47.7. The minimum Gasteiger partial charge on any atom is -0.871 e. The molecule has 18 nitrogen and oxygen atoms in total. The minimum absolute atomic E-state index is 0. The van der Waals surface area contributed by atoms with Crippen molar-refractivity contribution in [1.29, 1.82) is 0 Å². The van der Waals surface area contributed by atoms with Crippen molar-refractivity contribution in [1.82, 2.24) is 30.3 Å². The third kappa shape index (κ3) is 30.6. The van der Waals surface area contributed by atoms with Gasteiger partial charge in [-0.25, -0.2) is 4.79 Å². The maximum Gasteiger partial charge on any atom is 0.410 e. The van der Waals surface area contributed by atoms with Crippen molar-refractivity contribution >= 4 is 29.7 Å². The first kappa shape index (κ1) is 63.2. The number of piperidine rings is 1. The van der Waals surface area contributed by atoms with Gasteiger partial charge in [-0.2, -0.15) is 0 Å². The molecule has 0 radical (unpaired) electrons. The number of pyridine rings is 1. The lowest BCUT2D eigenvalue weighted by Gasteiger charge is -2.33. The Balaban J connectivity index is -0.000000751. The highest BCUT2D eigenvalue weighted by Gasteiger charge is 2.27. The zero-order valence-electron chi connectivity index (χ0n) is 40.1. The van der Waals surface area contributed by atoms with E-state index in [4.69, 9.17) is 24.1 Å². The molecular formula is C45H85N6O12-. The second-order valence-electron chi connectivity index (χ2n) is 15.4. The van der Waals surface area contributed by atoms with Crippen LogP contribution in [0.3, 0.4) is 0 Å². The fourth-order valence-electron chi connectivity index (χ4n) is 6.02. The van der Waals surface area contributed by atoms with Crippen molar-refractivity contribution in [2.24, 2.45) is 0 Å². The normalized spacial score (nSPS) is 15.8. The number of ether oxygens (including phenoxy) is 5. The number of aliphatic hydroxyl groups excluding tert-OH is 1. The highest BCUT2D eigenvalue weighted by molar-refractivity contribution is 5.78. The SMILES string of the molecule is C.CC.CC.COCC(=O)N(C)Cc1nc(C)ccc1[O-].COCC(=O)N1CC[C@@H](O)C1.COCC(=O)NC1CCCCC1.COCC(=O)NC1CCN(C(=O)OC(C)(C)C)CC1. The monoisotopic (exact) mass is 902 g/mol. The standard InChI is InChI=1S/C13H24N2O4.C11H16N2O3.C9H17NO2.C7H13NO3.2C2H6.CH4/c1-13(2,3)19-12(17)15-7-5-10(6-8-15)14-11(16)9-18-4;1-8-4-5-10(14)9(12-8)6-13(2)11(15)7-16-3;1-12-7-9(11)10-8-5-3-2-4-6-8;1-11-5-7(10)8-3-2-6(9)4-8;2*1-2;/h10H,5-9H2,1-4H3,(H,14,16);4-5,14H,6-7H2,1-3H3;8H,2-7H2,1H3,(H,10,11);6,9H,2-5H2,1H3;2*1-2H3;1H4/p-1/t;;;6-;;;/m...1.../s1. The molecule has 0 bridgehead atoms. The first-order chi connectivity index (χ1) is 29.4. The molecule has 0 aromatic carbocycles. The van der Waals surface area contributed by atoms with Gasteiger partial charge in [0.2, 0.25) is 23.6 Å². The molecule has 0 spiro atoms. The van der Waals surface area contributed by atoms with Crippen molar-refractivity contribution in [3.8, 4) is 5.75 Å². The second kappa shape index (κ2) is 37.3. The average Bonchev–Trinajstić information content (AvgIpc) is 3.68. The number of likely N-dealkylation sites (tertiary alicyclic amines) is 2. The molecule has 63 heavy (non-hydrogen) atoms. The largest absolute Gasteiger partial charge is 0.871 e. The summed E-state index contributed by atoms with van der Waals surface area (Å²) in [6.07, 6.45) is 7.64. The summed E-state index contributed by atoms with van der Waals surface area (Å²) in [7, 11) is 7.59. The van der Waals surface area contributed by atoms with Gasteiger partial charge in [0, 0.05) is 79.4 Å². The second-order valence-corrected chi connectivity index (χ2v) is 15.4.